The van der Waals surface area contributed by atoms with Crippen molar-refractivity contribution in [1.82, 2.24) is 14.7 Å². The van der Waals surface area contributed by atoms with Gasteiger partial charge in [-0.05, 0) is 50.6 Å². The molecule has 0 aromatic carbocycles. The maximum absolute atomic E-state index is 9.44. The summed E-state index contributed by atoms with van der Waals surface area (Å²) in [6, 6.07) is 2.15. The van der Waals surface area contributed by atoms with Gasteiger partial charge in [-0.15, -0.1) is 0 Å². The minimum Gasteiger partial charge on any atom is -0.364 e. The van der Waals surface area contributed by atoms with Gasteiger partial charge in [0.15, 0.2) is 0 Å². The summed E-state index contributed by atoms with van der Waals surface area (Å²) in [5, 5.41) is 9.44. The summed E-state index contributed by atoms with van der Waals surface area (Å²) in [5.74, 6) is 3.12. The first-order valence-electron chi connectivity index (χ1n) is 9.31. The molecule has 130 valence electrons. The van der Waals surface area contributed by atoms with Crippen LogP contribution in [0.5, 0.6) is 0 Å². The van der Waals surface area contributed by atoms with Gasteiger partial charge >= 0.3 is 5.70 Å². The fraction of sp³-hybridized carbons (Fsp3) is 0.789. The molecule has 0 spiro atoms. The van der Waals surface area contributed by atoms with Crippen molar-refractivity contribution in [2.24, 2.45) is 17.8 Å². The van der Waals surface area contributed by atoms with Crippen LogP contribution in [0.25, 0.3) is 4.85 Å². The van der Waals surface area contributed by atoms with E-state index in [1.165, 1.54) is 25.7 Å². The lowest BCUT2D eigenvalue weighted by Gasteiger charge is -2.29. The fourth-order valence-corrected chi connectivity index (χ4v) is 4.72. The fourth-order valence-electron chi connectivity index (χ4n) is 4.72. The highest BCUT2D eigenvalue weighted by molar-refractivity contribution is 5.33. The van der Waals surface area contributed by atoms with E-state index in [1.807, 2.05) is 0 Å². The van der Waals surface area contributed by atoms with Gasteiger partial charge in [0.05, 0.1) is 12.6 Å². The lowest BCUT2D eigenvalue weighted by molar-refractivity contribution is 0.267. The van der Waals surface area contributed by atoms with Crippen molar-refractivity contribution in [1.29, 1.82) is 5.26 Å². The van der Waals surface area contributed by atoms with Gasteiger partial charge in [-0.25, -0.2) is 10.1 Å². The van der Waals surface area contributed by atoms with Crippen LogP contribution in [-0.2, 0) is 0 Å². The zero-order valence-corrected chi connectivity index (χ0v) is 15.0. The summed E-state index contributed by atoms with van der Waals surface area (Å²) in [5.41, 5.74) is 0.282. The third-order valence-corrected chi connectivity index (χ3v) is 5.92. The molecule has 0 radical (unpaired) electrons. The highest BCUT2D eigenvalue weighted by Crippen LogP contribution is 2.34. The van der Waals surface area contributed by atoms with Crippen molar-refractivity contribution in [3.63, 3.8) is 0 Å². The first-order valence-corrected chi connectivity index (χ1v) is 9.31. The van der Waals surface area contributed by atoms with E-state index < -0.39 is 0 Å². The van der Waals surface area contributed by atoms with Gasteiger partial charge < -0.3 is 14.7 Å². The molecule has 1 saturated carbocycles. The molecule has 5 nitrogen and oxygen atoms in total. The van der Waals surface area contributed by atoms with E-state index >= 15 is 0 Å². The van der Waals surface area contributed by atoms with E-state index in [1.54, 1.807) is 0 Å². The molecule has 3 atom stereocenters. The number of hydrogen-bond donors (Lipinski definition) is 0. The first kappa shape index (κ1) is 17.1. The molecular weight excluding hydrogens is 298 g/mol. The number of allylic oxidation sites excluding steroid dienone is 1. The lowest BCUT2D eigenvalue weighted by Crippen LogP contribution is -2.31. The summed E-state index contributed by atoms with van der Waals surface area (Å²) >= 11 is 0. The van der Waals surface area contributed by atoms with E-state index in [0.717, 1.165) is 56.9 Å². The van der Waals surface area contributed by atoms with Crippen LogP contribution in [0.3, 0.4) is 0 Å². The Morgan fingerprint density at radius 1 is 1.17 bits per heavy atom. The molecule has 0 N–H and O–H groups in total. The summed E-state index contributed by atoms with van der Waals surface area (Å²) in [6.07, 6.45) is 5.12. The van der Waals surface area contributed by atoms with Gasteiger partial charge in [-0.1, -0.05) is 13.3 Å². The quantitative estimate of drug-likeness (QED) is 0.588. The van der Waals surface area contributed by atoms with Crippen LogP contribution in [-0.4, -0.2) is 61.0 Å². The molecule has 3 aliphatic rings. The molecule has 0 bridgehead atoms. The Morgan fingerprint density at radius 2 is 1.88 bits per heavy atom. The van der Waals surface area contributed by atoms with Gasteiger partial charge in [0.2, 0.25) is 0 Å². The number of likely N-dealkylation sites (tertiary alicyclic amines) is 1. The third kappa shape index (κ3) is 3.68. The Kier molecular flexibility index (Phi) is 5.31. The van der Waals surface area contributed by atoms with Crippen molar-refractivity contribution >= 4 is 0 Å². The van der Waals surface area contributed by atoms with E-state index in [4.69, 9.17) is 6.57 Å². The topological polar surface area (TPSA) is 37.9 Å². The van der Waals surface area contributed by atoms with Crippen LogP contribution >= 0.6 is 0 Å². The summed E-state index contributed by atoms with van der Waals surface area (Å²) in [4.78, 5) is 10.6. The molecule has 24 heavy (non-hydrogen) atoms. The Hall–Kier alpha value is -1.72. The van der Waals surface area contributed by atoms with Crippen molar-refractivity contribution in [3.8, 4) is 6.07 Å². The highest BCUT2D eigenvalue weighted by Gasteiger charge is 2.33. The Labute approximate surface area is 146 Å². The monoisotopic (exact) mass is 327 g/mol. The SMILES string of the molecule is [C-]#[N+]/C(C#N)=C1/N(CC2CCC(C)C2)CCN1CC1CCN(C)C1. The second-order valence-corrected chi connectivity index (χ2v) is 7.99. The number of nitrogens with zero attached hydrogens (tertiary/aromatic N) is 5. The van der Waals surface area contributed by atoms with E-state index in [9.17, 15) is 5.26 Å². The zero-order valence-electron chi connectivity index (χ0n) is 15.0. The molecular formula is C19H29N5. The summed E-state index contributed by atoms with van der Waals surface area (Å²) in [7, 11) is 2.17. The van der Waals surface area contributed by atoms with Crippen LogP contribution in [0.1, 0.15) is 32.6 Å². The number of rotatable bonds is 4. The lowest BCUT2D eigenvalue weighted by atomic mass is 10.1. The van der Waals surface area contributed by atoms with Crippen LogP contribution in [0.2, 0.25) is 0 Å². The summed E-state index contributed by atoms with van der Waals surface area (Å²) in [6.45, 7) is 16.0. The maximum atomic E-state index is 9.44. The number of hydrogen-bond acceptors (Lipinski definition) is 4. The molecule has 5 heteroatoms. The van der Waals surface area contributed by atoms with Crippen molar-refractivity contribution in [2.45, 2.75) is 32.6 Å². The second-order valence-electron chi connectivity index (χ2n) is 7.99. The molecule has 0 aromatic heterocycles. The maximum Gasteiger partial charge on any atom is 0.300 e. The molecule has 3 unspecified atom stereocenters. The second kappa shape index (κ2) is 7.45. The smallest absolute Gasteiger partial charge is 0.300 e. The van der Waals surface area contributed by atoms with Crippen LogP contribution in [0, 0.1) is 35.7 Å². The molecule has 0 amide bonds. The molecule has 3 fully saturated rings. The molecule has 3 rings (SSSR count). The Morgan fingerprint density at radius 3 is 2.38 bits per heavy atom. The van der Waals surface area contributed by atoms with Gasteiger partial charge in [0.1, 0.15) is 5.82 Å². The third-order valence-electron chi connectivity index (χ3n) is 5.92. The van der Waals surface area contributed by atoms with Gasteiger partial charge in [-0.3, -0.25) is 0 Å². The predicted octanol–water partition coefficient (Wildman–Crippen LogP) is 2.60. The van der Waals surface area contributed by atoms with E-state index in [2.05, 4.69) is 39.6 Å². The molecule has 0 aromatic rings. The standard InChI is InChI=1S/C19H29N5/c1-15-4-5-16(10-15)13-23-8-9-24(19(23)18(11-20)21-2)14-17-6-7-22(3)12-17/h15-17H,4-10,12-14H2,1,3H3/b19-18-. The van der Waals surface area contributed by atoms with Crippen molar-refractivity contribution in [3.05, 3.63) is 22.9 Å². The molecule has 2 heterocycles. The average molecular weight is 327 g/mol. The zero-order chi connectivity index (χ0) is 17.1. The van der Waals surface area contributed by atoms with Gasteiger partial charge in [0, 0.05) is 32.7 Å². The minimum absolute atomic E-state index is 0.282. The van der Waals surface area contributed by atoms with E-state index in [-0.39, 0.29) is 5.70 Å². The van der Waals surface area contributed by atoms with E-state index in [0.29, 0.717) is 5.92 Å². The Balaban J connectivity index is 1.72. The van der Waals surface area contributed by atoms with Crippen molar-refractivity contribution < 1.29 is 0 Å². The average Bonchev–Trinajstić information content (AvgIpc) is 3.25. The minimum atomic E-state index is 0.282. The van der Waals surface area contributed by atoms with Crippen LogP contribution in [0.4, 0.5) is 0 Å². The van der Waals surface area contributed by atoms with Gasteiger partial charge in [0.25, 0.3) is 0 Å². The molecule has 1 aliphatic carbocycles. The van der Waals surface area contributed by atoms with Crippen molar-refractivity contribution in [2.75, 3.05) is 46.3 Å². The predicted molar refractivity (Wildman–Crippen MR) is 94.5 cm³/mol. The van der Waals surface area contributed by atoms with Gasteiger partial charge in [-0.2, -0.15) is 0 Å². The van der Waals surface area contributed by atoms with Crippen LogP contribution < -0.4 is 0 Å². The van der Waals surface area contributed by atoms with Crippen LogP contribution in [0.15, 0.2) is 11.5 Å². The summed E-state index contributed by atoms with van der Waals surface area (Å²) < 4.78 is 0. The number of nitriles is 1. The largest absolute Gasteiger partial charge is 0.364 e. The Bertz CT molecular complexity index is 521. The molecule has 2 aliphatic heterocycles. The molecule has 2 saturated heterocycles. The normalized spacial score (nSPS) is 32.9. The highest BCUT2D eigenvalue weighted by atomic mass is 15.4. The first-order chi connectivity index (χ1) is 11.6.